The molecule has 1 unspecified atom stereocenters. The van der Waals surface area contributed by atoms with Crippen LogP contribution in [0.4, 0.5) is 5.82 Å². The number of benzene rings is 1. The average molecular weight is 552 g/mol. The Morgan fingerprint density at radius 2 is 1.84 bits per heavy atom. The van der Waals surface area contributed by atoms with E-state index in [0.29, 0.717) is 6.54 Å². The lowest BCUT2D eigenvalue weighted by atomic mass is 9.86. The number of guanidine groups is 1. The maximum absolute atomic E-state index is 5.61. The molecule has 1 aromatic carbocycles. The van der Waals surface area contributed by atoms with Gasteiger partial charge in [0, 0.05) is 39.4 Å². The highest BCUT2D eigenvalue weighted by Crippen LogP contribution is 2.22. The van der Waals surface area contributed by atoms with Gasteiger partial charge in [0.2, 0.25) is 0 Å². The molecule has 0 aliphatic carbocycles. The van der Waals surface area contributed by atoms with Crippen LogP contribution in [0, 0.1) is 0 Å². The molecular formula is C25H38IN5O. The highest BCUT2D eigenvalue weighted by atomic mass is 127. The van der Waals surface area contributed by atoms with Crippen molar-refractivity contribution in [2.24, 2.45) is 4.99 Å². The van der Waals surface area contributed by atoms with E-state index in [4.69, 9.17) is 4.74 Å². The minimum atomic E-state index is 0. The second-order valence-corrected chi connectivity index (χ2v) is 9.20. The van der Waals surface area contributed by atoms with E-state index in [2.05, 4.69) is 89.6 Å². The van der Waals surface area contributed by atoms with E-state index < -0.39 is 0 Å². The fraction of sp³-hybridized carbons (Fsp3) is 0.520. The van der Waals surface area contributed by atoms with Crippen molar-refractivity contribution < 1.29 is 4.74 Å². The first kappa shape index (κ1) is 26.4. The van der Waals surface area contributed by atoms with E-state index in [1.165, 1.54) is 11.1 Å². The van der Waals surface area contributed by atoms with Gasteiger partial charge >= 0.3 is 0 Å². The first-order valence-electron chi connectivity index (χ1n) is 11.2. The van der Waals surface area contributed by atoms with Gasteiger partial charge in [-0.3, -0.25) is 4.99 Å². The molecule has 0 radical (unpaired) electrons. The normalized spacial score (nSPS) is 17.0. The van der Waals surface area contributed by atoms with Crippen LogP contribution in [-0.2, 0) is 23.1 Å². The molecule has 1 aliphatic rings. The minimum Gasteiger partial charge on any atom is -0.375 e. The molecule has 6 nitrogen and oxygen atoms in total. The summed E-state index contributed by atoms with van der Waals surface area (Å²) >= 11 is 0. The van der Waals surface area contributed by atoms with Gasteiger partial charge in [-0.1, -0.05) is 51.1 Å². The quantitative estimate of drug-likeness (QED) is 0.321. The van der Waals surface area contributed by atoms with Crippen molar-refractivity contribution in [1.82, 2.24) is 15.6 Å². The van der Waals surface area contributed by atoms with E-state index in [9.17, 15) is 0 Å². The Kier molecular flexibility index (Phi) is 10.2. The first-order valence-corrected chi connectivity index (χ1v) is 11.2. The van der Waals surface area contributed by atoms with Crippen LogP contribution >= 0.6 is 24.0 Å². The van der Waals surface area contributed by atoms with Gasteiger partial charge in [0.15, 0.2) is 5.96 Å². The average Bonchev–Trinajstić information content (AvgIpc) is 2.76. The fourth-order valence-electron chi connectivity index (χ4n) is 3.64. The molecule has 0 amide bonds. The molecule has 0 bridgehead atoms. The van der Waals surface area contributed by atoms with Crippen molar-refractivity contribution in [3.05, 3.63) is 59.3 Å². The van der Waals surface area contributed by atoms with Crippen LogP contribution in [0.5, 0.6) is 0 Å². The van der Waals surface area contributed by atoms with Crippen LogP contribution in [0.25, 0.3) is 0 Å². The number of pyridine rings is 1. The molecule has 0 spiro atoms. The second kappa shape index (κ2) is 12.4. The van der Waals surface area contributed by atoms with Crippen molar-refractivity contribution >= 4 is 35.8 Å². The van der Waals surface area contributed by atoms with Gasteiger partial charge < -0.3 is 20.3 Å². The molecule has 1 atom stereocenters. The molecule has 176 valence electrons. The SMILES string of the molecule is CN=C(NCCc1ccc(C(C)(C)C)cc1)NCc1ccc(N2CCOC(C)C2)nc1.I. The molecule has 1 aromatic heterocycles. The van der Waals surface area contributed by atoms with Gasteiger partial charge in [-0.15, -0.1) is 24.0 Å². The van der Waals surface area contributed by atoms with Gasteiger partial charge in [0.05, 0.1) is 12.7 Å². The molecule has 1 aliphatic heterocycles. The number of hydrogen-bond acceptors (Lipinski definition) is 4. The summed E-state index contributed by atoms with van der Waals surface area (Å²) in [5, 5.41) is 6.77. The van der Waals surface area contributed by atoms with E-state index in [0.717, 1.165) is 50.0 Å². The summed E-state index contributed by atoms with van der Waals surface area (Å²) < 4.78 is 5.61. The number of rotatable bonds is 6. The Hall–Kier alpha value is -1.87. The number of anilines is 1. The van der Waals surface area contributed by atoms with Crippen LogP contribution < -0.4 is 15.5 Å². The monoisotopic (exact) mass is 551 g/mol. The van der Waals surface area contributed by atoms with Crippen LogP contribution in [0.3, 0.4) is 0 Å². The molecule has 2 aromatic rings. The Morgan fingerprint density at radius 1 is 1.12 bits per heavy atom. The van der Waals surface area contributed by atoms with Gasteiger partial charge in [-0.25, -0.2) is 4.98 Å². The maximum atomic E-state index is 5.61. The van der Waals surface area contributed by atoms with E-state index in [1.807, 2.05) is 6.20 Å². The summed E-state index contributed by atoms with van der Waals surface area (Å²) in [6.07, 6.45) is 3.15. The summed E-state index contributed by atoms with van der Waals surface area (Å²) in [4.78, 5) is 11.2. The van der Waals surface area contributed by atoms with Crippen LogP contribution in [0.1, 0.15) is 44.4 Å². The van der Waals surface area contributed by atoms with Gasteiger partial charge in [-0.2, -0.15) is 0 Å². The third kappa shape index (κ3) is 7.92. The standard InChI is InChI=1S/C25H37N5O.HI/c1-19-18-30(14-15-31-19)23-11-8-21(16-28-23)17-29-24(26-5)27-13-12-20-6-9-22(10-7-20)25(2,3)4;/h6-11,16,19H,12-15,17-18H2,1-5H3,(H2,26,27,29);1H. The Bertz CT molecular complexity index is 846. The summed E-state index contributed by atoms with van der Waals surface area (Å²) in [6, 6.07) is 13.1. The zero-order valence-corrected chi connectivity index (χ0v) is 22.3. The van der Waals surface area contributed by atoms with Crippen molar-refractivity contribution in [2.75, 3.05) is 38.2 Å². The third-order valence-corrected chi connectivity index (χ3v) is 5.58. The predicted molar refractivity (Wildman–Crippen MR) is 144 cm³/mol. The zero-order valence-electron chi connectivity index (χ0n) is 20.0. The molecule has 32 heavy (non-hydrogen) atoms. The van der Waals surface area contributed by atoms with Crippen molar-refractivity contribution in [1.29, 1.82) is 0 Å². The van der Waals surface area contributed by atoms with Crippen LogP contribution in [0.2, 0.25) is 0 Å². The Balaban J connectivity index is 0.00000363. The largest absolute Gasteiger partial charge is 0.375 e. The summed E-state index contributed by atoms with van der Waals surface area (Å²) in [5.41, 5.74) is 4.01. The van der Waals surface area contributed by atoms with E-state index in [-0.39, 0.29) is 35.5 Å². The smallest absolute Gasteiger partial charge is 0.191 e. The highest BCUT2D eigenvalue weighted by Gasteiger charge is 2.17. The number of ether oxygens (including phenoxy) is 1. The molecule has 1 fully saturated rings. The molecule has 0 saturated carbocycles. The van der Waals surface area contributed by atoms with E-state index >= 15 is 0 Å². The highest BCUT2D eigenvalue weighted by molar-refractivity contribution is 14.0. The number of aromatic nitrogens is 1. The number of aliphatic imine (C=N–C) groups is 1. The lowest BCUT2D eigenvalue weighted by molar-refractivity contribution is 0.0529. The maximum Gasteiger partial charge on any atom is 0.191 e. The summed E-state index contributed by atoms with van der Waals surface area (Å²) in [7, 11) is 1.80. The minimum absolute atomic E-state index is 0. The number of halogens is 1. The van der Waals surface area contributed by atoms with Crippen molar-refractivity contribution in [2.45, 2.75) is 52.2 Å². The van der Waals surface area contributed by atoms with Gasteiger partial charge in [-0.05, 0) is 41.5 Å². The molecule has 7 heteroatoms. The van der Waals surface area contributed by atoms with Gasteiger partial charge in [0.1, 0.15) is 5.82 Å². The third-order valence-electron chi connectivity index (χ3n) is 5.58. The van der Waals surface area contributed by atoms with Crippen LogP contribution in [-0.4, -0.2) is 50.3 Å². The zero-order chi connectivity index (χ0) is 22.3. The molecule has 2 N–H and O–H groups in total. The predicted octanol–water partition coefficient (Wildman–Crippen LogP) is 4.13. The lowest BCUT2D eigenvalue weighted by Gasteiger charge is -2.32. The topological polar surface area (TPSA) is 61.8 Å². The molecule has 2 heterocycles. The van der Waals surface area contributed by atoms with Crippen LogP contribution in [0.15, 0.2) is 47.6 Å². The summed E-state index contributed by atoms with van der Waals surface area (Å²) in [6.45, 7) is 12.9. The van der Waals surface area contributed by atoms with Crippen molar-refractivity contribution in [3.63, 3.8) is 0 Å². The fourth-order valence-corrected chi connectivity index (χ4v) is 3.64. The molecular weight excluding hydrogens is 513 g/mol. The summed E-state index contributed by atoms with van der Waals surface area (Å²) in [5.74, 6) is 1.82. The number of nitrogens with one attached hydrogen (secondary N) is 2. The Morgan fingerprint density at radius 3 is 2.44 bits per heavy atom. The number of morpholine rings is 1. The van der Waals surface area contributed by atoms with E-state index in [1.54, 1.807) is 7.05 Å². The lowest BCUT2D eigenvalue weighted by Crippen LogP contribution is -2.41. The first-order chi connectivity index (χ1) is 14.8. The van der Waals surface area contributed by atoms with Crippen molar-refractivity contribution in [3.8, 4) is 0 Å². The second-order valence-electron chi connectivity index (χ2n) is 9.20. The number of hydrogen-bond donors (Lipinski definition) is 2. The molecule has 1 saturated heterocycles. The van der Waals surface area contributed by atoms with Gasteiger partial charge in [0.25, 0.3) is 0 Å². The number of nitrogens with zero attached hydrogens (tertiary/aromatic N) is 3. The molecule has 3 rings (SSSR count). The Labute approximate surface area is 210 Å².